The van der Waals surface area contributed by atoms with Gasteiger partial charge in [-0.3, -0.25) is 4.79 Å². The molecule has 5 heteroatoms. The van der Waals surface area contributed by atoms with Crippen molar-refractivity contribution in [1.29, 1.82) is 0 Å². The summed E-state index contributed by atoms with van der Waals surface area (Å²) >= 11 is 3.06. The first-order valence-corrected chi connectivity index (χ1v) is 5.27. The summed E-state index contributed by atoms with van der Waals surface area (Å²) in [6.07, 6.45) is 0. The molecule has 1 unspecified atom stereocenters. The third kappa shape index (κ3) is 3.20. The van der Waals surface area contributed by atoms with E-state index in [0.717, 1.165) is 0 Å². The third-order valence-corrected chi connectivity index (χ3v) is 2.59. The maximum atomic E-state index is 13.1. The molecule has 1 aromatic carbocycles. The monoisotopic (exact) mass is 274 g/mol. The molecule has 1 aromatic rings. The first-order chi connectivity index (χ1) is 7.04. The molecule has 1 rings (SSSR count). The molecule has 0 bridgehead atoms. The molecule has 1 atom stereocenters. The van der Waals surface area contributed by atoms with Gasteiger partial charge in [0.25, 0.3) is 0 Å². The molecule has 1 amide bonds. The molecular weight excluding hydrogens is 263 g/mol. The van der Waals surface area contributed by atoms with Crippen molar-refractivity contribution in [2.75, 3.05) is 12.4 Å². The summed E-state index contributed by atoms with van der Waals surface area (Å²) in [5.74, 6) is -0.498. The first-order valence-electron chi connectivity index (χ1n) is 4.47. The quantitative estimate of drug-likeness (QED) is 0.887. The summed E-state index contributed by atoms with van der Waals surface area (Å²) in [5, 5.41) is 5.39. The summed E-state index contributed by atoms with van der Waals surface area (Å²) in [6.45, 7) is 1.71. The van der Waals surface area contributed by atoms with Crippen LogP contribution in [0.15, 0.2) is 22.7 Å². The van der Waals surface area contributed by atoms with Crippen LogP contribution in [0.25, 0.3) is 0 Å². The highest BCUT2D eigenvalue weighted by Crippen LogP contribution is 2.19. The minimum atomic E-state index is -0.393. The lowest BCUT2D eigenvalue weighted by atomic mass is 10.2. The lowest BCUT2D eigenvalue weighted by Gasteiger charge is -2.13. The topological polar surface area (TPSA) is 41.1 Å². The van der Waals surface area contributed by atoms with E-state index in [1.807, 2.05) is 0 Å². The Balaban J connectivity index is 2.73. The van der Waals surface area contributed by atoms with Crippen molar-refractivity contribution < 1.29 is 9.18 Å². The average Bonchev–Trinajstić information content (AvgIpc) is 2.22. The average molecular weight is 275 g/mol. The number of carbonyl (C=O) groups excluding carboxylic acids is 1. The molecule has 15 heavy (non-hydrogen) atoms. The van der Waals surface area contributed by atoms with Gasteiger partial charge < -0.3 is 10.6 Å². The molecule has 0 aromatic heterocycles. The molecule has 0 aliphatic carbocycles. The van der Waals surface area contributed by atoms with Crippen molar-refractivity contribution in [3.63, 3.8) is 0 Å². The van der Waals surface area contributed by atoms with E-state index in [4.69, 9.17) is 0 Å². The van der Waals surface area contributed by atoms with Gasteiger partial charge in [0.1, 0.15) is 11.9 Å². The molecule has 0 saturated carbocycles. The van der Waals surface area contributed by atoms with E-state index in [2.05, 4.69) is 26.6 Å². The van der Waals surface area contributed by atoms with Crippen molar-refractivity contribution in [2.24, 2.45) is 0 Å². The fourth-order valence-electron chi connectivity index (χ4n) is 1.12. The zero-order valence-corrected chi connectivity index (χ0v) is 10.1. The second-order valence-corrected chi connectivity index (χ2v) is 3.96. The number of benzene rings is 1. The van der Waals surface area contributed by atoms with Crippen molar-refractivity contribution in [3.8, 4) is 0 Å². The second-order valence-electron chi connectivity index (χ2n) is 3.11. The normalized spacial score (nSPS) is 12.0. The molecule has 0 spiro atoms. The smallest absolute Gasteiger partial charge is 0.241 e. The van der Waals surface area contributed by atoms with Gasteiger partial charge in [-0.25, -0.2) is 4.39 Å². The summed E-state index contributed by atoms with van der Waals surface area (Å²) in [6, 6.07) is 4.24. The van der Waals surface area contributed by atoms with E-state index in [-0.39, 0.29) is 11.7 Å². The minimum absolute atomic E-state index is 0.140. The van der Waals surface area contributed by atoms with Crippen LogP contribution in [-0.2, 0) is 4.79 Å². The first kappa shape index (κ1) is 12.0. The Hall–Kier alpha value is -1.10. The summed E-state index contributed by atoms with van der Waals surface area (Å²) in [7, 11) is 1.56. The van der Waals surface area contributed by atoms with Crippen LogP contribution in [0.1, 0.15) is 6.92 Å². The number of halogens is 2. The molecule has 0 radical (unpaired) electrons. The van der Waals surface area contributed by atoms with E-state index < -0.39 is 6.04 Å². The Morgan fingerprint density at radius 3 is 2.73 bits per heavy atom. The number of hydrogen-bond donors (Lipinski definition) is 2. The fraction of sp³-hybridized carbons (Fsp3) is 0.300. The fourth-order valence-corrected chi connectivity index (χ4v) is 1.36. The molecule has 82 valence electrons. The molecule has 3 nitrogen and oxygen atoms in total. The number of rotatable bonds is 3. The number of nitrogens with one attached hydrogen (secondary N) is 2. The molecular formula is C10H12BrFN2O. The minimum Gasteiger partial charge on any atom is -0.374 e. The number of amides is 1. The Labute approximate surface area is 96.2 Å². The van der Waals surface area contributed by atoms with E-state index >= 15 is 0 Å². The maximum Gasteiger partial charge on any atom is 0.241 e. The number of carbonyl (C=O) groups is 1. The molecule has 0 saturated heterocycles. The van der Waals surface area contributed by atoms with Gasteiger partial charge in [-0.2, -0.15) is 0 Å². The highest BCUT2D eigenvalue weighted by molar-refractivity contribution is 9.10. The van der Waals surface area contributed by atoms with Gasteiger partial charge in [-0.05, 0) is 41.1 Å². The van der Waals surface area contributed by atoms with Gasteiger partial charge in [0.05, 0.1) is 4.47 Å². The lowest BCUT2D eigenvalue weighted by Crippen LogP contribution is -2.35. The van der Waals surface area contributed by atoms with Crippen molar-refractivity contribution in [3.05, 3.63) is 28.5 Å². The van der Waals surface area contributed by atoms with Crippen LogP contribution >= 0.6 is 15.9 Å². The van der Waals surface area contributed by atoms with Crippen molar-refractivity contribution in [1.82, 2.24) is 5.32 Å². The van der Waals surface area contributed by atoms with Crippen molar-refractivity contribution in [2.45, 2.75) is 13.0 Å². The van der Waals surface area contributed by atoms with Crippen LogP contribution in [0.3, 0.4) is 0 Å². The predicted octanol–water partition coefficient (Wildman–Crippen LogP) is 2.13. The van der Waals surface area contributed by atoms with Gasteiger partial charge in [0.15, 0.2) is 0 Å². The van der Waals surface area contributed by atoms with Gasteiger partial charge in [0.2, 0.25) is 5.91 Å². The van der Waals surface area contributed by atoms with E-state index in [1.54, 1.807) is 26.1 Å². The third-order valence-electron chi connectivity index (χ3n) is 1.94. The zero-order valence-electron chi connectivity index (χ0n) is 8.47. The summed E-state index contributed by atoms with van der Waals surface area (Å²) in [5.41, 5.74) is 0.576. The zero-order chi connectivity index (χ0) is 11.4. The standard InChI is InChI=1S/C10H12BrFN2O/c1-6(10(15)13-2)14-7-3-4-8(11)9(12)5-7/h3-6,14H,1-2H3,(H,13,15). The molecule has 0 fully saturated rings. The van der Waals surface area contributed by atoms with E-state index in [1.165, 1.54) is 6.07 Å². The summed E-state index contributed by atoms with van der Waals surface area (Å²) < 4.78 is 13.5. The number of anilines is 1. The van der Waals surface area contributed by atoms with Gasteiger partial charge >= 0.3 is 0 Å². The van der Waals surface area contributed by atoms with Gasteiger partial charge in [-0.1, -0.05) is 0 Å². The Bertz CT molecular complexity index is 370. The van der Waals surface area contributed by atoms with E-state index in [0.29, 0.717) is 10.2 Å². The highest BCUT2D eigenvalue weighted by Gasteiger charge is 2.10. The Morgan fingerprint density at radius 2 is 2.20 bits per heavy atom. The van der Waals surface area contributed by atoms with Gasteiger partial charge in [-0.15, -0.1) is 0 Å². The Kier molecular flexibility index (Phi) is 4.08. The van der Waals surface area contributed by atoms with Crippen LogP contribution in [0.2, 0.25) is 0 Å². The number of hydrogen-bond acceptors (Lipinski definition) is 2. The van der Waals surface area contributed by atoms with Crippen molar-refractivity contribution >= 4 is 27.5 Å². The van der Waals surface area contributed by atoms with Gasteiger partial charge in [0, 0.05) is 12.7 Å². The number of likely N-dealkylation sites (N-methyl/N-ethyl adjacent to an activating group) is 1. The molecule has 2 N–H and O–H groups in total. The van der Waals surface area contributed by atoms with E-state index in [9.17, 15) is 9.18 Å². The van der Waals surface area contributed by atoms with Crippen LogP contribution in [-0.4, -0.2) is 19.0 Å². The summed E-state index contributed by atoms with van der Waals surface area (Å²) in [4.78, 5) is 11.2. The lowest BCUT2D eigenvalue weighted by molar-refractivity contribution is -0.121. The van der Waals surface area contributed by atoms with Crippen LogP contribution < -0.4 is 10.6 Å². The molecule has 0 aliphatic heterocycles. The molecule has 0 heterocycles. The SMILES string of the molecule is CNC(=O)C(C)Nc1ccc(Br)c(F)c1. The predicted molar refractivity (Wildman–Crippen MR) is 61.3 cm³/mol. The van der Waals surface area contributed by atoms with Crippen LogP contribution in [0.4, 0.5) is 10.1 Å². The Morgan fingerprint density at radius 1 is 1.53 bits per heavy atom. The van der Waals surface area contributed by atoms with Crippen LogP contribution in [0, 0.1) is 5.82 Å². The molecule has 0 aliphatic rings. The maximum absolute atomic E-state index is 13.1. The second kappa shape index (κ2) is 5.11. The highest BCUT2D eigenvalue weighted by atomic mass is 79.9. The largest absolute Gasteiger partial charge is 0.374 e. The van der Waals surface area contributed by atoms with Crippen LogP contribution in [0.5, 0.6) is 0 Å².